The van der Waals surface area contributed by atoms with Gasteiger partial charge in [-0.1, -0.05) is 19.1 Å². The van der Waals surface area contributed by atoms with Crippen molar-refractivity contribution < 1.29 is 49.7 Å². The van der Waals surface area contributed by atoms with E-state index in [1.165, 1.54) is 37.3 Å². The summed E-state index contributed by atoms with van der Waals surface area (Å²) in [4.78, 5) is 15.0. The molecule has 10 nitrogen and oxygen atoms in total. The summed E-state index contributed by atoms with van der Waals surface area (Å²) in [5.74, 6) is -0.652. The number of rotatable bonds is 12. The second kappa shape index (κ2) is 13.4. The van der Waals surface area contributed by atoms with Crippen LogP contribution in [-0.2, 0) is 14.6 Å². The van der Waals surface area contributed by atoms with E-state index in [9.17, 15) is 36.0 Å². The fourth-order valence-electron chi connectivity index (χ4n) is 5.28. The van der Waals surface area contributed by atoms with Gasteiger partial charge in [-0.2, -0.15) is 14.0 Å². The molecule has 0 bridgehead atoms. The van der Waals surface area contributed by atoms with E-state index in [1.54, 1.807) is 41.3 Å². The zero-order valence-corrected chi connectivity index (χ0v) is 25.2. The van der Waals surface area contributed by atoms with Crippen LogP contribution >= 0.6 is 0 Å². The third-order valence-electron chi connectivity index (χ3n) is 7.55. The van der Waals surface area contributed by atoms with Gasteiger partial charge in [0, 0.05) is 23.7 Å². The van der Waals surface area contributed by atoms with Crippen molar-refractivity contribution in [1.29, 1.82) is 5.26 Å². The van der Waals surface area contributed by atoms with Crippen molar-refractivity contribution in [2.75, 3.05) is 23.8 Å². The Kier molecular flexibility index (Phi) is 9.59. The van der Waals surface area contributed by atoms with E-state index in [0.29, 0.717) is 11.3 Å². The normalized spacial score (nSPS) is 19.1. The van der Waals surface area contributed by atoms with Crippen molar-refractivity contribution in [3.05, 3.63) is 77.9 Å². The lowest BCUT2D eigenvalue weighted by molar-refractivity contribution is -0.286. The molecule has 1 saturated heterocycles. The Balaban J connectivity index is 1.27. The number of nitrogens with zero attached hydrogens (tertiary/aromatic N) is 2. The number of alkyl halides is 4. The van der Waals surface area contributed by atoms with Crippen LogP contribution in [0.3, 0.4) is 0 Å². The summed E-state index contributed by atoms with van der Waals surface area (Å²) in [6.07, 6.45) is -4.10. The van der Waals surface area contributed by atoms with Gasteiger partial charge in [0.15, 0.2) is 21.3 Å². The highest BCUT2D eigenvalue weighted by Crippen LogP contribution is 2.43. The van der Waals surface area contributed by atoms with Crippen molar-refractivity contribution in [3.8, 4) is 23.3 Å². The van der Waals surface area contributed by atoms with Crippen LogP contribution in [0.2, 0.25) is 0 Å². The summed E-state index contributed by atoms with van der Waals surface area (Å²) in [5.41, 5.74) is 1.42. The molecule has 2 aliphatic rings. The minimum absolute atomic E-state index is 0.0590. The largest absolute Gasteiger partial charge is 0.586 e. The van der Waals surface area contributed by atoms with Crippen molar-refractivity contribution in [2.24, 2.45) is 0 Å². The predicted octanol–water partition coefficient (Wildman–Crippen LogP) is 5.45. The van der Waals surface area contributed by atoms with Crippen LogP contribution < -0.4 is 24.4 Å². The minimum atomic E-state index is -3.78. The lowest BCUT2D eigenvalue weighted by Crippen LogP contribution is -2.34. The van der Waals surface area contributed by atoms with Gasteiger partial charge in [-0.05, 0) is 54.1 Å². The first-order valence-corrected chi connectivity index (χ1v) is 15.9. The number of carbonyl (C=O) groups excluding carboxylic acids is 1. The number of benzene rings is 3. The molecule has 5 rings (SSSR count). The van der Waals surface area contributed by atoms with Crippen LogP contribution in [0.4, 0.5) is 23.2 Å². The average molecular weight is 664 g/mol. The van der Waals surface area contributed by atoms with Crippen LogP contribution in [0, 0.1) is 11.3 Å². The third kappa shape index (κ3) is 7.63. The lowest BCUT2D eigenvalue weighted by atomic mass is 10.0. The van der Waals surface area contributed by atoms with Crippen LogP contribution in [-0.4, -0.2) is 58.3 Å². The van der Waals surface area contributed by atoms with Gasteiger partial charge in [-0.15, -0.1) is 8.78 Å². The van der Waals surface area contributed by atoms with E-state index in [1.807, 2.05) is 6.07 Å². The molecule has 244 valence electrons. The molecule has 15 heteroatoms. The number of nitriles is 1. The van der Waals surface area contributed by atoms with Crippen molar-refractivity contribution in [1.82, 2.24) is 5.32 Å². The zero-order chi connectivity index (χ0) is 33.1. The Morgan fingerprint density at radius 2 is 1.78 bits per heavy atom. The van der Waals surface area contributed by atoms with Crippen molar-refractivity contribution in [2.45, 2.75) is 55.8 Å². The second-order valence-electron chi connectivity index (χ2n) is 10.6. The van der Waals surface area contributed by atoms with Gasteiger partial charge in [0.2, 0.25) is 0 Å². The fraction of sp³-hybridized carbons (Fsp3) is 0.355. The van der Waals surface area contributed by atoms with Gasteiger partial charge in [0.05, 0.1) is 48.4 Å². The van der Waals surface area contributed by atoms with E-state index in [-0.39, 0.29) is 59.5 Å². The van der Waals surface area contributed by atoms with Gasteiger partial charge >= 0.3 is 12.9 Å². The van der Waals surface area contributed by atoms with Gasteiger partial charge in [0.25, 0.3) is 5.91 Å². The first-order chi connectivity index (χ1) is 21.9. The number of fused-ring (bicyclic) bond motifs is 1. The Hall–Kier alpha value is -4.55. The molecule has 0 aromatic heterocycles. The number of hydrogen-bond acceptors (Lipinski definition) is 9. The summed E-state index contributed by atoms with van der Waals surface area (Å²) in [5, 5.41) is 12.1. The summed E-state index contributed by atoms with van der Waals surface area (Å²) >= 11 is 0. The molecule has 1 unspecified atom stereocenters. The topological polar surface area (TPSA) is 127 Å². The van der Waals surface area contributed by atoms with E-state index in [0.717, 1.165) is 0 Å². The fourth-order valence-corrected chi connectivity index (χ4v) is 6.16. The van der Waals surface area contributed by atoms with Crippen LogP contribution in [0.1, 0.15) is 41.7 Å². The SMILES string of the molecule is CCS(=O)(=O)c1ccc(C(CC#N)NC(=O)c2ccc(N3C[C@@H](Oc4ccc5c(c4)OC(F)(F)O5)C[C@H]3COC(F)F)cc2)cc1. The summed E-state index contributed by atoms with van der Waals surface area (Å²) in [7, 11) is -3.41. The predicted molar refractivity (Wildman–Crippen MR) is 156 cm³/mol. The molecule has 2 aliphatic heterocycles. The maximum Gasteiger partial charge on any atom is 0.586 e. The number of nitrogens with one attached hydrogen (secondary N) is 1. The molecule has 0 spiro atoms. The van der Waals surface area contributed by atoms with Gasteiger partial charge in [0.1, 0.15) is 11.9 Å². The van der Waals surface area contributed by atoms with Crippen LogP contribution in [0.25, 0.3) is 0 Å². The number of halogens is 4. The van der Waals surface area contributed by atoms with E-state index in [4.69, 9.17) is 4.74 Å². The Bertz CT molecular complexity index is 1700. The Labute approximate surface area is 262 Å². The van der Waals surface area contributed by atoms with Gasteiger partial charge in [-0.25, -0.2) is 8.42 Å². The van der Waals surface area contributed by atoms with E-state index < -0.39 is 46.8 Å². The molecule has 0 radical (unpaired) electrons. The third-order valence-corrected chi connectivity index (χ3v) is 9.30. The number of carbonyl (C=O) groups is 1. The summed E-state index contributed by atoms with van der Waals surface area (Å²) in [6, 6.07) is 17.1. The Morgan fingerprint density at radius 3 is 2.43 bits per heavy atom. The molecule has 1 fully saturated rings. The summed E-state index contributed by atoms with van der Waals surface area (Å²) < 4.78 is 96.3. The van der Waals surface area contributed by atoms with Crippen molar-refractivity contribution >= 4 is 21.4 Å². The highest BCUT2D eigenvalue weighted by molar-refractivity contribution is 7.91. The number of sulfone groups is 1. The highest BCUT2D eigenvalue weighted by Gasteiger charge is 2.44. The number of hydrogen-bond donors (Lipinski definition) is 1. The first kappa shape index (κ1) is 32.8. The molecule has 3 atom stereocenters. The van der Waals surface area contributed by atoms with E-state index >= 15 is 0 Å². The monoisotopic (exact) mass is 663 g/mol. The van der Waals surface area contributed by atoms with E-state index in [2.05, 4.69) is 19.5 Å². The van der Waals surface area contributed by atoms with Gasteiger partial charge < -0.3 is 29.2 Å². The van der Waals surface area contributed by atoms with Crippen LogP contribution in [0.5, 0.6) is 17.2 Å². The number of anilines is 1. The molecule has 1 amide bonds. The molecule has 3 aromatic rings. The van der Waals surface area contributed by atoms with Crippen molar-refractivity contribution in [3.63, 3.8) is 0 Å². The second-order valence-corrected chi connectivity index (χ2v) is 12.8. The number of amides is 1. The number of ether oxygens (including phenoxy) is 4. The molecule has 46 heavy (non-hydrogen) atoms. The quantitative estimate of drug-likeness (QED) is 0.252. The molecule has 0 saturated carbocycles. The summed E-state index contributed by atoms with van der Waals surface area (Å²) in [6.45, 7) is -1.53. The Morgan fingerprint density at radius 1 is 1.09 bits per heavy atom. The molecular weight excluding hydrogens is 634 g/mol. The standard InChI is InChI=1S/C31H29F4N3O7S/c1-2-46(40,41)25-10-5-19(6-11-25)26(13-14-36)37-29(39)20-3-7-21(8-4-20)38-17-24(15-22(38)18-42-30(32)33)43-23-9-12-27-28(16-23)45-31(34,35)44-27/h3-12,16,22,24,26,30H,2,13,15,17-18H2,1H3,(H,37,39)/t22-,24-,26?/m0/s1. The molecular formula is C31H29F4N3O7S. The van der Waals surface area contributed by atoms with Gasteiger partial charge in [-0.3, -0.25) is 4.79 Å². The maximum absolute atomic E-state index is 13.4. The average Bonchev–Trinajstić information content (AvgIpc) is 3.58. The molecule has 2 heterocycles. The molecule has 0 aliphatic carbocycles. The minimum Gasteiger partial charge on any atom is -0.488 e. The first-order valence-electron chi connectivity index (χ1n) is 14.2. The van der Waals surface area contributed by atoms with Crippen LogP contribution in [0.15, 0.2) is 71.6 Å². The highest BCUT2D eigenvalue weighted by atomic mass is 32.2. The maximum atomic E-state index is 13.4. The lowest BCUT2D eigenvalue weighted by Gasteiger charge is -2.26. The molecule has 1 N–H and O–H groups in total. The smallest absolute Gasteiger partial charge is 0.488 e. The zero-order valence-electron chi connectivity index (χ0n) is 24.4. The molecule has 3 aromatic carbocycles.